The molecule has 0 aliphatic rings. The lowest BCUT2D eigenvalue weighted by molar-refractivity contribution is -0.121. The number of nitrogens with zero attached hydrogens (tertiary/aromatic N) is 1. The van der Waals surface area contributed by atoms with E-state index in [-0.39, 0.29) is 17.8 Å². The fourth-order valence-electron chi connectivity index (χ4n) is 2.04. The molecule has 2 rings (SSSR count). The number of nitrogens with one attached hydrogen (secondary N) is 1. The Labute approximate surface area is 139 Å². The van der Waals surface area contributed by atoms with Crippen LogP contribution in [0.4, 0.5) is 4.39 Å². The molecule has 0 saturated carbocycles. The number of carbonyl (C=O) groups is 1. The first-order valence-corrected chi connectivity index (χ1v) is 8.25. The van der Waals surface area contributed by atoms with E-state index in [9.17, 15) is 9.18 Å². The van der Waals surface area contributed by atoms with Crippen LogP contribution in [0.15, 0.2) is 53.4 Å². The third kappa shape index (κ3) is 5.42. The van der Waals surface area contributed by atoms with Crippen LogP contribution in [0.2, 0.25) is 0 Å². The van der Waals surface area contributed by atoms with Gasteiger partial charge in [-0.25, -0.2) is 4.39 Å². The summed E-state index contributed by atoms with van der Waals surface area (Å²) in [6.45, 7) is 1.91. The lowest BCUT2D eigenvalue weighted by Gasteiger charge is -2.14. The zero-order valence-corrected chi connectivity index (χ0v) is 13.6. The van der Waals surface area contributed by atoms with Crippen molar-refractivity contribution in [1.29, 1.82) is 5.26 Å². The number of hydrogen-bond donors (Lipinski definition) is 1. The molecular formula is C18H17FN2OS. The largest absolute Gasteiger partial charge is 0.350 e. The minimum absolute atomic E-state index is 0.0310. The van der Waals surface area contributed by atoms with E-state index in [0.29, 0.717) is 17.7 Å². The Morgan fingerprint density at radius 3 is 2.48 bits per heavy atom. The van der Waals surface area contributed by atoms with Crippen molar-refractivity contribution in [1.82, 2.24) is 5.32 Å². The molecule has 1 unspecified atom stereocenters. The lowest BCUT2D eigenvalue weighted by atomic mass is 10.1. The second-order valence-corrected chi connectivity index (χ2v) is 6.24. The summed E-state index contributed by atoms with van der Waals surface area (Å²) < 4.78 is 12.8. The van der Waals surface area contributed by atoms with Crippen LogP contribution in [-0.4, -0.2) is 11.7 Å². The van der Waals surface area contributed by atoms with E-state index in [0.717, 1.165) is 10.5 Å². The maximum Gasteiger partial charge on any atom is 0.221 e. The topological polar surface area (TPSA) is 52.9 Å². The van der Waals surface area contributed by atoms with Crippen molar-refractivity contribution >= 4 is 17.7 Å². The van der Waals surface area contributed by atoms with Crippen molar-refractivity contribution in [2.24, 2.45) is 0 Å². The molecule has 23 heavy (non-hydrogen) atoms. The first-order chi connectivity index (χ1) is 11.1. The molecule has 2 aromatic carbocycles. The second-order valence-electron chi connectivity index (χ2n) is 5.08. The van der Waals surface area contributed by atoms with Crippen molar-refractivity contribution in [2.45, 2.75) is 24.3 Å². The third-order valence-corrected chi connectivity index (χ3v) is 4.34. The molecule has 3 nitrogen and oxygen atoms in total. The van der Waals surface area contributed by atoms with Gasteiger partial charge in [0.15, 0.2) is 0 Å². The zero-order valence-electron chi connectivity index (χ0n) is 12.8. The minimum Gasteiger partial charge on any atom is -0.350 e. The smallest absolute Gasteiger partial charge is 0.221 e. The van der Waals surface area contributed by atoms with Crippen LogP contribution in [0.3, 0.4) is 0 Å². The van der Waals surface area contributed by atoms with Gasteiger partial charge in [-0.1, -0.05) is 12.1 Å². The van der Waals surface area contributed by atoms with Crippen LogP contribution in [-0.2, 0) is 4.79 Å². The summed E-state index contributed by atoms with van der Waals surface area (Å²) in [5.41, 5.74) is 1.56. The van der Waals surface area contributed by atoms with Gasteiger partial charge in [0.05, 0.1) is 17.7 Å². The van der Waals surface area contributed by atoms with Gasteiger partial charge in [-0.2, -0.15) is 5.26 Å². The lowest BCUT2D eigenvalue weighted by Crippen LogP contribution is -2.26. The molecule has 0 spiro atoms. The molecule has 0 aromatic heterocycles. The molecule has 118 valence electrons. The highest BCUT2D eigenvalue weighted by atomic mass is 32.2. The average molecular weight is 328 g/mol. The van der Waals surface area contributed by atoms with Crippen LogP contribution in [0.5, 0.6) is 0 Å². The number of halogens is 1. The molecule has 0 aliphatic heterocycles. The Morgan fingerprint density at radius 1 is 1.22 bits per heavy atom. The number of amides is 1. The molecule has 2 aromatic rings. The van der Waals surface area contributed by atoms with Crippen LogP contribution < -0.4 is 5.32 Å². The van der Waals surface area contributed by atoms with Crippen LogP contribution in [0.1, 0.15) is 30.5 Å². The van der Waals surface area contributed by atoms with Crippen molar-refractivity contribution in [2.75, 3.05) is 5.75 Å². The number of hydrogen-bond acceptors (Lipinski definition) is 3. The number of thioether (sulfide) groups is 1. The SMILES string of the molecule is CC(NC(=O)CCSc1ccc(F)cc1)c1ccc(C#N)cc1. The number of benzene rings is 2. The molecular weight excluding hydrogens is 311 g/mol. The van der Waals surface area contributed by atoms with E-state index >= 15 is 0 Å². The summed E-state index contributed by atoms with van der Waals surface area (Å²) >= 11 is 1.52. The monoisotopic (exact) mass is 328 g/mol. The first-order valence-electron chi connectivity index (χ1n) is 7.26. The van der Waals surface area contributed by atoms with E-state index in [1.165, 1.54) is 23.9 Å². The van der Waals surface area contributed by atoms with Gasteiger partial charge in [-0.15, -0.1) is 11.8 Å². The molecule has 0 saturated heterocycles. The van der Waals surface area contributed by atoms with Crippen molar-refractivity contribution < 1.29 is 9.18 Å². The zero-order chi connectivity index (χ0) is 16.7. The molecule has 0 bridgehead atoms. The Kier molecular flexibility index (Phi) is 6.19. The summed E-state index contributed by atoms with van der Waals surface area (Å²) in [5.74, 6) is 0.345. The van der Waals surface area contributed by atoms with Gasteiger partial charge in [0.25, 0.3) is 0 Å². The Bertz CT molecular complexity index is 692. The third-order valence-electron chi connectivity index (χ3n) is 3.33. The first kappa shape index (κ1) is 17.0. The molecule has 1 amide bonds. The summed E-state index contributed by atoms with van der Waals surface area (Å²) in [7, 11) is 0. The van der Waals surface area contributed by atoms with Gasteiger partial charge in [0.2, 0.25) is 5.91 Å². The van der Waals surface area contributed by atoms with Gasteiger partial charge < -0.3 is 5.32 Å². The average Bonchev–Trinajstić information content (AvgIpc) is 2.56. The second kappa shape index (κ2) is 8.35. The predicted octanol–water partition coefficient (Wildman–Crippen LogP) is 4.06. The van der Waals surface area contributed by atoms with E-state index in [2.05, 4.69) is 11.4 Å². The van der Waals surface area contributed by atoms with Crippen LogP contribution in [0.25, 0.3) is 0 Å². The molecule has 0 heterocycles. The maximum atomic E-state index is 12.8. The van der Waals surface area contributed by atoms with E-state index in [4.69, 9.17) is 5.26 Å². The fourth-order valence-corrected chi connectivity index (χ4v) is 2.89. The fraction of sp³-hybridized carbons (Fsp3) is 0.222. The molecule has 1 atom stereocenters. The van der Waals surface area contributed by atoms with Gasteiger partial charge in [0.1, 0.15) is 5.82 Å². The van der Waals surface area contributed by atoms with Gasteiger partial charge in [-0.3, -0.25) is 4.79 Å². The van der Waals surface area contributed by atoms with Crippen molar-refractivity contribution in [3.8, 4) is 6.07 Å². The molecule has 5 heteroatoms. The quantitative estimate of drug-likeness (QED) is 0.814. The Hall–Kier alpha value is -2.32. The van der Waals surface area contributed by atoms with Gasteiger partial charge in [-0.05, 0) is 48.9 Å². The highest BCUT2D eigenvalue weighted by Crippen LogP contribution is 2.19. The maximum absolute atomic E-state index is 12.8. The van der Waals surface area contributed by atoms with Crippen molar-refractivity contribution in [3.05, 3.63) is 65.5 Å². The Balaban J connectivity index is 1.77. The van der Waals surface area contributed by atoms with E-state index < -0.39 is 0 Å². The summed E-state index contributed by atoms with van der Waals surface area (Å²) in [4.78, 5) is 12.9. The Morgan fingerprint density at radius 2 is 1.87 bits per heavy atom. The van der Waals surface area contributed by atoms with Gasteiger partial charge in [0, 0.05) is 17.1 Å². The number of carbonyl (C=O) groups excluding carboxylic acids is 1. The van der Waals surface area contributed by atoms with E-state index in [1.807, 2.05) is 19.1 Å². The van der Waals surface area contributed by atoms with E-state index in [1.54, 1.807) is 24.3 Å². The predicted molar refractivity (Wildman–Crippen MR) is 89.5 cm³/mol. The number of nitriles is 1. The minimum atomic E-state index is -0.261. The normalized spacial score (nSPS) is 11.5. The highest BCUT2D eigenvalue weighted by molar-refractivity contribution is 7.99. The molecule has 0 aliphatic carbocycles. The molecule has 0 fully saturated rings. The van der Waals surface area contributed by atoms with Crippen LogP contribution >= 0.6 is 11.8 Å². The van der Waals surface area contributed by atoms with Crippen molar-refractivity contribution in [3.63, 3.8) is 0 Å². The summed E-state index contributed by atoms with van der Waals surface area (Å²) in [6.07, 6.45) is 0.392. The molecule has 0 radical (unpaired) electrons. The highest BCUT2D eigenvalue weighted by Gasteiger charge is 2.09. The summed E-state index contributed by atoms with van der Waals surface area (Å²) in [6, 6.07) is 15.4. The standard InChI is InChI=1S/C18H17FN2OS/c1-13(15-4-2-14(12-20)3-5-15)21-18(22)10-11-23-17-8-6-16(19)7-9-17/h2-9,13H,10-11H2,1H3,(H,21,22). The summed E-state index contributed by atoms with van der Waals surface area (Å²) in [5, 5.41) is 11.7. The number of rotatable bonds is 6. The van der Waals surface area contributed by atoms with Crippen LogP contribution in [0, 0.1) is 17.1 Å². The molecule has 1 N–H and O–H groups in total. The van der Waals surface area contributed by atoms with Gasteiger partial charge >= 0.3 is 0 Å².